The number of benzene rings is 2. The van der Waals surface area contributed by atoms with Crippen molar-refractivity contribution >= 4 is 10.8 Å². The predicted octanol–water partition coefficient (Wildman–Crippen LogP) is 4.46. The van der Waals surface area contributed by atoms with Crippen molar-refractivity contribution in [1.29, 1.82) is 0 Å². The first-order valence-corrected chi connectivity index (χ1v) is 7.31. The molecular weight excluding hydrogens is 258 g/mol. The minimum atomic E-state index is -0.501. The van der Waals surface area contributed by atoms with Gasteiger partial charge in [-0.3, -0.25) is 4.98 Å². The average Bonchev–Trinajstić information content (AvgIpc) is 2.55. The van der Waals surface area contributed by atoms with E-state index in [4.69, 9.17) is 0 Å². The molecule has 0 bridgehead atoms. The highest BCUT2D eigenvalue weighted by Gasteiger charge is 2.16. The van der Waals surface area contributed by atoms with Gasteiger partial charge in [-0.2, -0.15) is 0 Å². The number of aliphatic hydroxyl groups excluding tert-OH is 1. The van der Waals surface area contributed by atoms with E-state index in [1.54, 1.807) is 6.20 Å². The van der Waals surface area contributed by atoms with Gasteiger partial charge in [-0.1, -0.05) is 61.5 Å². The third-order valence-electron chi connectivity index (χ3n) is 4.00. The maximum absolute atomic E-state index is 10.6. The Morgan fingerprint density at radius 3 is 2.48 bits per heavy atom. The van der Waals surface area contributed by atoms with Crippen molar-refractivity contribution in [2.75, 3.05) is 0 Å². The molecular formula is C19H19NO. The Hall–Kier alpha value is -2.19. The van der Waals surface area contributed by atoms with Gasteiger partial charge in [0, 0.05) is 23.3 Å². The van der Waals surface area contributed by atoms with Crippen LogP contribution in [0, 0.1) is 0 Å². The van der Waals surface area contributed by atoms with Crippen molar-refractivity contribution in [3.63, 3.8) is 0 Å². The summed E-state index contributed by atoms with van der Waals surface area (Å²) in [6.45, 7) is 2.15. The van der Waals surface area contributed by atoms with Crippen LogP contribution in [0.2, 0.25) is 0 Å². The first-order valence-electron chi connectivity index (χ1n) is 7.31. The molecule has 0 radical (unpaired) electrons. The quantitative estimate of drug-likeness (QED) is 0.763. The van der Waals surface area contributed by atoms with E-state index >= 15 is 0 Å². The zero-order valence-corrected chi connectivity index (χ0v) is 12.1. The summed E-state index contributed by atoms with van der Waals surface area (Å²) >= 11 is 0. The van der Waals surface area contributed by atoms with Gasteiger partial charge in [0.25, 0.3) is 0 Å². The van der Waals surface area contributed by atoms with Crippen LogP contribution >= 0.6 is 0 Å². The third-order valence-corrected chi connectivity index (χ3v) is 4.00. The second kappa shape index (κ2) is 6.06. The minimum Gasteiger partial charge on any atom is -0.388 e. The molecule has 3 rings (SSSR count). The summed E-state index contributed by atoms with van der Waals surface area (Å²) in [5.41, 5.74) is 2.17. The van der Waals surface area contributed by atoms with Crippen LogP contribution in [-0.4, -0.2) is 10.1 Å². The van der Waals surface area contributed by atoms with Gasteiger partial charge in [-0.05, 0) is 23.3 Å². The Bertz CT molecular complexity index is 718. The lowest BCUT2D eigenvalue weighted by molar-refractivity contribution is 0.161. The van der Waals surface area contributed by atoms with Crippen LogP contribution < -0.4 is 0 Å². The third kappa shape index (κ3) is 2.96. The maximum atomic E-state index is 10.6. The molecule has 1 N–H and O–H groups in total. The molecule has 0 saturated heterocycles. The molecule has 2 aromatic carbocycles. The number of pyridine rings is 1. The Morgan fingerprint density at radius 1 is 0.952 bits per heavy atom. The van der Waals surface area contributed by atoms with E-state index in [1.165, 1.54) is 5.56 Å². The monoisotopic (exact) mass is 277 g/mol. The Balaban J connectivity index is 1.86. The van der Waals surface area contributed by atoms with Gasteiger partial charge < -0.3 is 5.11 Å². The Morgan fingerprint density at radius 2 is 1.67 bits per heavy atom. The van der Waals surface area contributed by atoms with E-state index in [-0.39, 0.29) is 0 Å². The van der Waals surface area contributed by atoms with Crippen molar-refractivity contribution < 1.29 is 5.11 Å². The van der Waals surface area contributed by atoms with Crippen molar-refractivity contribution in [3.05, 3.63) is 78.1 Å². The lowest BCUT2D eigenvalue weighted by Gasteiger charge is -2.18. The molecule has 0 amide bonds. The smallest absolute Gasteiger partial charge is 0.0816 e. The summed E-state index contributed by atoms with van der Waals surface area (Å²) in [5.74, 6) is 0.306. The fraction of sp³-hybridized carbons (Fsp3) is 0.211. The summed E-state index contributed by atoms with van der Waals surface area (Å²) in [6.07, 6.45) is 3.81. The van der Waals surface area contributed by atoms with E-state index in [1.807, 2.05) is 48.7 Å². The first-order chi connectivity index (χ1) is 10.3. The van der Waals surface area contributed by atoms with Crippen LogP contribution in [0.4, 0.5) is 0 Å². The van der Waals surface area contributed by atoms with E-state index in [0.29, 0.717) is 12.3 Å². The zero-order chi connectivity index (χ0) is 14.7. The van der Waals surface area contributed by atoms with Crippen LogP contribution in [0.3, 0.4) is 0 Å². The van der Waals surface area contributed by atoms with Gasteiger partial charge >= 0.3 is 0 Å². The lowest BCUT2D eigenvalue weighted by Crippen LogP contribution is -2.04. The summed E-state index contributed by atoms with van der Waals surface area (Å²) in [4.78, 5) is 4.25. The zero-order valence-electron chi connectivity index (χ0n) is 12.1. The molecule has 0 spiro atoms. The SMILES string of the molecule is CC(CC(O)c1cncc2ccccc12)c1ccccc1. The summed E-state index contributed by atoms with van der Waals surface area (Å²) in [7, 11) is 0. The highest BCUT2D eigenvalue weighted by Crippen LogP contribution is 2.31. The molecule has 2 atom stereocenters. The topological polar surface area (TPSA) is 33.1 Å². The van der Waals surface area contributed by atoms with Crippen molar-refractivity contribution in [2.24, 2.45) is 0 Å². The number of aromatic nitrogens is 1. The maximum Gasteiger partial charge on any atom is 0.0816 e. The second-order valence-corrected chi connectivity index (χ2v) is 5.51. The largest absolute Gasteiger partial charge is 0.388 e. The number of aliphatic hydroxyl groups is 1. The first kappa shape index (κ1) is 13.8. The summed E-state index contributed by atoms with van der Waals surface area (Å²) < 4.78 is 0. The average molecular weight is 277 g/mol. The number of fused-ring (bicyclic) bond motifs is 1. The molecule has 2 heteroatoms. The molecule has 0 fully saturated rings. The Labute approximate surface area is 125 Å². The lowest BCUT2D eigenvalue weighted by atomic mass is 9.91. The van der Waals surface area contributed by atoms with Gasteiger partial charge in [0.15, 0.2) is 0 Å². The van der Waals surface area contributed by atoms with Crippen molar-refractivity contribution in [3.8, 4) is 0 Å². The van der Waals surface area contributed by atoms with Gasteiger partial charge in [0.05, 0.1) is 6.10 Å². The molecule has 1 heterocycles. The van der Waals surface area contributed by atoms with Crippen LogP contribution in [0.5, 0.6) is 0 Å². The Kier molecular flexibility index (Phi) is 3.98. The second-order valence-electron chi connectivity index (χ2n) is 5.51. The van der Waals surface area contributed by atoms with Gasteiger partial charge in [0.1, 0.15) is 0 Å². The highest BCUT2D eigenvalue weighted by atomic mass is 16.3. The van der Waals surface area contributed by atoms with Crippen LogP contribution in [0.1, 0.15) is 36.5 Å². The molecule has 0 aliphatic rings. The number of hydrogen-bond donors (Lipinski definition) is 1. The summed E-state index contributed by atoms with van der Waals surface area (Å²) in [5, 5.41) is 12.8. The predicted molar refractivity (Wildman–Crippen MR) is 86.2 cm³/mol. The number of rotatable bonds is 4. The molecule has 0 aliphatic heterocycles. The molecule has 0 aliphatic carbocycles. The molecule has 1 aromatic heterocycles. The van der Waals surface area contributed by atoms with Gasteiger partial charge in [-0.15, -0.1) is 0 Å². The van der Waals surface area contributed by atoms with E-state index in [0.717, 1.165) is 16.3 Å². The molecule has 2 unspecified atom stereocenters. The van der Waals surface area contributed by atoms with Crippen molar-refractivity contribution in [1.82, 2.24) is 4.98 Å². The van der Waals surface area contributed by atoms with E-state index in [2.05, 4.69) is 24.0 Å². The molecule has 0 saturated carbocycles. The van der Waals surface area contributed by atoms with E-state index in [9.17, 15) is 5.11 Å². The summed E-state index contributed by atoms with van der Waals surface area (Å²) in [6, 6.07) is 18.4. The van der Waals surface area contributed by atoms with Crippen LogP contribution in [-0.2, 0) is 0 Å². The fourth-order valence-corrected chi connectivity index (χ4v) is 2.78. The van der Waals surface area contributed by atoms with Crippen LogP contribution in [0.25, 0.3) is 10.8 Å². The molecule has 3 aromatic rings. The highest BCUT2D eigenvalue weighted by molar-refractivity contribution is 5.84. The molecule has 2 nitrogen and oxygen atoms in total. The van der Waals surface area contributed by atoms with E-state index < -0.39 is 6.10 Å². The molecule has 21 heavy (non-hydrogen) atoms. The minimum absolute atomic E-state index is 0.306. The fourth-order valence-electron chi connectivity index (χ4n) is 2.78. The molecule has 106 valence electrons. The number of nitrogens with zero attached hydrogens (tertiary/aromatic N) is 1. The standard InChI is InChI=1S/C19H19NO/c1-14(15-7-3-2-4-8-15)11-19(21)18-13-20-12-16-9-5-6-10-17(16)18/h2-10,12-14,19,21H,11H2,1H3. The van der Waals surface area contributed by atoms with Gasteiger partial charge in [-0.25, -0.2) is 0 Å². The normalized spacial score (nSPS) is 14.0. The van der Waals surface area contributed by atoms with Crippen molar-refractivity contribution in [2.45, 2.75) is 25.4 Å². The van der Waals surface area contributed by atoms with Gasteiger partial charge in [0.2, 0.25) is 0 Å². The number of hydrogen-bond acceptors (Lipinski definition) is 2. The van der Waals surface area contributed by atoms with Crippen LogP contribution in [0.15, 0.2) is 67.0 Å².